The van der Waals surface area contributed by atoms with E-state index in [1.54, 1.807) is 12.4 Å². The molecule has 0 saturated heterocycles. The van der Waals surface area contributed by atoms with Crippen molar-refractivity contribution in [3.05, 3.63) is 145 Å². The van der Waals surface area contributed by atoms with E-state index in [0.717, 1.165) is 26.7 Å². The summed E-state index contributed by atoms with van der Waals surface area (Å²) in [4.78, 5) is 8.61. The third-order valence-electron chi connectivity index (χ3n) is 6.47. The molecule has 0 N–H and O–H groups in total. The first-order chi connectivity index (χ1) is 18.2. The van der Waals surface area contributed by atoms with Gasteiger partial charge in [0.2, 0.25) is 0 Å². The molecule has 0 aliphatic carbocycles. The van der Waals surface area contributed by atoms with Crippen LogP contribution in [0.5, 0.6) is 0 Å². The van der Waals surface area contributed by atoms with Crippen LogP contribution in [0.1, 0.15) is 0 Å². The van der Waals surface area contributed by atoms with Crippen molar-refractivity contribution in [3.8, 4) is 55.6 Å². The fourth-order valence-corrected chi connectivity index (χ4v) is 5.02. The van der Waals surface area contributed by atoms with E-state index in [1.165, 1.54) is 33.4 Å². The van der Waals surface area contributed by atoms with Gasteiger partial charge >= 0.3 is 0 Å². The van der Waals surface area contributed by atoms with Gasteiger partial charge in [-0.2, -0.15) is 0 Å². The summed E-state index contributed by atoms with van der Waals surface area (Å²) >= 11 is 3.65. The molecule has 0 amide bonds. The standard InChI is InChI=1S/C34H23BrN2/c35-34-13-3-10-28(21-34)33-19-31(26-8-1-6-24(16-26)29-11-4-14-36-22-29)18-32(20-33)27-9-2-7-25(17-27)30-12-5-15-37-23-30/h1-23H. The summed E-state index contributed by atoms with van der Waals surface area (Å²) < 4.78 is 1.06. The van der Waals surface area contributed by atoms with Gasteiger partial charge in [0.05, 0.1) is 0 Å². The van der Waals surface area contributed by atoms with Crippen molar-refractivity contribution in [1.82, 2.24) is 9.97 Å². The molecule has 2 aromatic heterocycles. The minimum Gasteiger partial charge on any atom is -0.264 e. The molecule has 0 aliphatic rings. The average molecular weight is 539 g/mol. The second-order valence-corrected chi connectivity index (χ2v) is 9.87. The zero-order valence-corrected chi connectivity index (χ0v) is 21.6. The molecular weight excluding hydrogens is 516 g/mol. The fourth-order valence-electron chi connectivity index (χ4n) is 4.62. The lowest BCUT2D eigenvalue weighted by atomic mass is 9.91. The first-order valence-electron chi connectivity index (χ1n) is 12.2. The first kappa shape index (κ1) is 23.1. The third kappa shape index (κ3) is 5.13. The second-order valence-electron chi connectivity index (χ2n) is 8.95. The summed E-state index contributed by atoms with van der Waals surface area (Å²) in [6.45, 7) is 0. The van der Waals surface area contributed by atoms with Crippen LogP contribution in [0.4, 0.5) is 0 Å². The molecule has 0 fully saturated rings. The summed E-state index contributed by atoms with van der Waals surface area (Å²) in [5.41, 5.74) is 11.5. The Morgan fingerprint density at radius 3 is 1.11 bits per heavy atom. The smallest absolute Gasteiger partial charge is 0.0346 e. The third-order valence-corrected chi connectivity index (χ3v) is 6.97. The van der Waals surface area contributed by atoms with Crippen molar-refractivity contribution >= 4 is 15.9 Å². The maximum atomic E-state index is 4.30. The van der Waals surface area contributed by atoms with Crippen LogP contribution in [0.25, 0.3) is 55.6 Å². The van der Waals surface area contributed by atoms with Crippen molar-refractivity contribution in [2.24, 2.45) is 0 Å². The van der Waals surface area contributed by atoms with Crippen LogP contribution in [0.2, 0.25) is 0 Å². The number of nitrogens with zero attached hydrogens (tertiary/aromatic N) is 2. The van der Waals surface area contributed by atoms with Crippen LogP contribution < -0.4 is 0 Å². The average Bonchev–Trinajstić information content (AvgIpc) is 2.98. The van der Waals surface area contributed by atoms with Gasteiger partial charge < -0.3 is 0 Å². The van der Waals surface area contributed by atoms with Gasteiger partial charge in [-0.3, -0.25) is 9.97 Å². The van der Waals surface area contributed by atoms with Gasteiger partial charge in [-0.25, -0.2) is 0 Å². The van der Waals surface area contributed by atoms with Gasteiger partial charge in [0, 0.05) is 40.4 Å². The molecule has 176 valence electrons. The molecule has 6 rings (SSSR count). The zero-order chi connectivity index (χ0) is 25.0. The van der Waals surface area contributed by atoms with Crippen LogP contribution in [0.3, 0.4) is 0 Å². The van der Waals surface area contributed by atoms with Crippen LogP contribution >= 0.6 is 15.9 Å². The van der Waals surface area contributed by atoms with E-state index < -0.39 is 0 Å². The van der Waals surface area contributed by atoms with Gasteiger partial charge in [0.1, 0.15) is 0 Å². The molecule has 3 heteroatoms. The van der Waals surface area contributed by atoms with E-state index in [0.29, 0.717) is 0 Å². The van der Waals surface area contributed by atoms with E-state index in [2.05, 4.69) is 129 Å². The van der Waals surface area contributed by atoms with Crippen molar-refractivity contribution in [3.63, 3.8) is 0 Å². The number of pyridine rings is 2. The molecule has 0 spiro atoms. The minimum absolute atomic E-state index is 1.06. The predicted octanol–water partition coefficient (Wildman–Crippen LogP) is 9.57. The Hall–Kier alpha value is -4.34. The second kappa shape index (κ2) is 10.3. The molecular formula is C34H23BrN2. The summed E-state index contributed by atoms with van der Waals surface area (Å²) in [5.74, 6) is 0. The summed E-state index contributed by atoms with van der Waals surface area (Å²) in [7, 11) is 0. The lowest BCUT2D eigenvalue weighted by molar-refractivity contribution is 1.33. The van der Waals surface area contributed by atoms with Gasteiger partial charge in [-0.15, -0.1) is 0 Å². The van der Waals surface area contributed by atoms with Gasteiger partial charge in [-0.05, 0) is 99.1 Å². The van der Waals surface area contributed by atoms with Crippen molar-refractivity contribution in [2.75, 3.05) is 0 Å². The number of halogens is 1. The largest absolute Gasteiger partial charge is 0.264 e. The Balaban J connectivity index is 1.51. The molecule has 37 heavy (non-hydrogen) atoms. The van der Waals surface area contributed by atoms with Crippen molar-refractivity contribution < 1.29 is 0 Å². The van der Waals surface area contributed by atoms with Crippen LogP contribution in [0.15, 0.2) is 145 Å². The maximum Gasteiger partial charge on any atom is 0.0346 e. The molecule has 2 nitrogen and oxygen atoms in total. The SMILES string of the molecule is Brc1cccc(-c2cc(-c3cccc(-c4cccnc4)c3)cc(-c3cccc(-c4cccnc4)c3)c2)c1. The van der Waals surface area contributed by atoms with Crippen molar-refractivity contribution in [2.45, 2.75) is 0 Å². The molecule has 4 aromatic carbocycles. The highest BCUT2D eigenvalue weighted by atomic mass is 79.9. The van der Waals surface area contributed by atoms with E-state index >= 15 is 0 Å². The Kier molecular flexibility index (Phi) is 6.45. The Morgan fingerprint density at radius 2 is 0.703 bits per heavy atom. The van der Waals surface area contributed by atoms with Crippen molar-refractivity contribution in [1.29, 1.82) is 0 Å². The number of hydrogen-bond acceptors (Lipinski definition) is 2. The van der Waals surface area contributed by atoms with Gasteiger partial charge in [-0.1, -0.05) is 76.6 Å². The Bertz CT molecular complexity index is 1580. The summed E-state index contributed by atoms with van der Waals surface area (Å²) in [5, 5.41) is 0. The summed E-state index contributed by atoms with van der Waals surface area (Å²) in [6, 6.07) is 40.8. The molecule has 0 saturated carbocycles. The van der Waals surface area contributed by atoms with Gasteiger partial charge in [0.25, 0.3) is 0 Å². The molecule has 0 bridgehead atoms. The quantitative estimate of drug-likeness (QED) is 0.218. The van der Waals surface area contributed by atoms with E-state index in [1.807, 2.05) is 24.5 Å². The summed E-state index contributed by atoms with van der Waals surface area (Å²) in [6.07, 6.45) is 7.43. The first-order valence-corrected chi connectivity index (χ1v) is 12.9. The van der Waals surface area contributed by atoms with E-state index in [-0.39, 0.29) is 0 Å². The monoisotopic (exact) mass is 538 g/mol. The Labute approximate surface area is 225 Å². The molecule has 0 unspecified atom stereocenters. The minimum atomic E-state index is 1.06. The number of hydrogen-bond donors (Lipinski definition) is 0. The number of aromatic nitrogens is 2. The Morgan fingerprint density at radius 1 is 0.351 bits per heavy atom. The molecule has 0 atom stereocenters. The number of rotatable bonds is 5. The molecule has 0 aliphatic heterocycles. The maximum absolute atomic E-state index is 4.30. The van der Waals surface area contributed by atoms with Crippen LogP contribution in [0, 0.1) is 0 Å². The highest BCUT2D eigenvalue weighted by molar-refractivity contribution is 9.10. The van der Waals surface area contributed by atoms with Gasteiger partial charge in [0.15, 0.2) is 0 Å². The molecule has 6 aromatic rings. The fraction of sp³-hybridized carbons (Fsp3) is 0. The van der Waals surface area contributed by atoms with Crippen LogP contribution in [-0.4, -0.2) is 9.97 Å². The highest BCUT2D eigenvalue weighted by Crippen LogP contribution is 2.36. The zero-order valence-electron chi connectivity index (χ0n) is 20.1. The molecule has 0 radical (unpaired) electrons. The highest BCUT2D eigenvalue weighted by Gasteiger charge is 2.10. The van der Waals surface area contributed by atoms with E-state index in [4.69, 9.17) is 0 Å². The normalized spacial score (nSPS) is 10.8. The topological polar surface area (TPSA) is 25.8 Å². The lowest BCUT2D eigenvalue weighted by Crippen LogP contribution is -1.88. The lowest BCUT2D eigenvalue weighted by Gasteiger charge is -2.13. The predicted molar refractivity (Wildman–Crippen MR) is 157 cm³/mol. The molecule has 2 heterocycles. The van der Waals surface area contributed by atoms with Crippen LogP contribution in [-0.2, 0) is 0 Å². The van der Waals surface area contributed by atoms with E-state index in [9.17, 15) is 0 Å². The number of benzene rings is 4.